The molecule has 0 fully saturated rings. The first kappa shape index (κ1) is 28.3. The van der Waals surface area contributed by atoms with E-state index in [1.165, 1.54) is 83.5 Å². The van der Waals surface area contributed by atoms with Gasteiger partial charge in [-0.3, -0.25) is 0 Å². The van der Waals surface area contributed by atoms with Gasteiger partial charge < -0.3 is 0 Å². The summed E-state index contributed by atoms with van der Waals surface area (Å²) >= 11 is 0. The number of rotatable bonds is 6. The summed E-state index contributed by atoms with van der Waals surface area (Å²) in [4.78, 5) is 0. The van der Waals surface area contributed by atoms with Crippen LogP contribution >= 0.6 is 0 Å². The van der Waals surface area contributed by atoms with Crippen molar-refractivity contribution in [1.29, 1.82) is 0 Å². The summed E-state index contributed by atoms with van der Waals surface area (Å²) in [7, 11) is 0. The average molecular weight is 577 g/mol. The largest absolute Gasteiger partial charge is 0.0620 e. The highest BCUT2D eigenvalue weighted by molar-refractivity contribution is 5.94. The zero-order valence-electron chi connectivity index (χ0n) is 26.1. The Kier molecular flexibility index (Phi) is 7.72. The van der Waals surface area contributed by atoms with Crippen molar-refractivity contribution < 1.29 is 0 Å². The Bertz CT molecular complexity index is 1890. The van der Waals surface area contributed by atoms with Crippen molar-refractivity contribution in [3.8, 4) is 66.8 Å². The van der Waals surface area contributed by atoms with Crippen LogP contribution in [0, 0.1) is 20.8 Å². The standard InChI is InChI=1S/C45H36/c1-31-16-4-7-19-37(31)43-25-13-10-22-40(43)34-28-35(41-23-11-14-26-44(41)38-20-8-5-17-32(38)2)30-36(29-34)42-24-12-15-27-45(42)39-21-9-6-18-33(39)3/h4-30H,1-3H3. The molecule has 0 radical (unpaired) electrons. The molecular weight excluding hydrogens is 540 g/mol. The van der Waals surface area contributed by atoms with Crippen molar-refractivity contribution in [1.82, 2.24) is 0 Å². The van der Waals surface area contributed by atoms with Crippen molar-refractivity contribution in [2.45, 2.75) is 20.8 Å². The minimum Gasteiger partial charge on any atom is -0.0620 e. The molecule has 0 spiro atoms. The van der Waals surface area contributed by atoms with E-state index in [4.69, 9.17) is 0 Å². The minimum atomic E-state index is 1.21. The first-order valence-electron chi connectivity index (χ1n) is 15.7. The highest BCUT2D eigenvalue weighted by atomic mass is 14.2. The highest BCUT2D eigenvalue weighted by Gasteiger charge is 2.17. The van der Waals surface area contributed by atoms with Crippen molar-refractivity contribution >= 4 is 0 Å². The fraction of sp³-hybridized carbons (Fsp3) is 0.0667. The Morgan fingerprint density at radius 2 is 0.422 bits per heavy atom. The van der Waals surface area contributed by atoms with Crippen LogP contribution in [0.1, 0.15) is 16.7 Å². The molecule has 0 amide bonds. The molecule has 0 heteroatoms. The summed E-state index contributed by atoms with van der Waals surface area (Å²) in [5.41, 5.74) is 18.7. The smallest absolute Gasteiger partial charge is 0.0103 e. The molecule has 0 atom stereocenters. The lowest BCUT2D eigenvalue weighted by Crippen LogP contribution is -1.93. The van der Waals surface area contributed by atoms with Gasteiger partial charge >= 0.3 is 0 Å². The van der Waals surface area contributed by atoms with Gasteiger partial charge in [-0.1, -0.05) is 146 Å². The third-order valence-corrected chi connectivity index (χ3v) is 8.95. The maximum atomic E-state index is 2.38. The van der Waals surface area contributed by atoms with E-state index < -0.39 is 0 Å². The third-order valence-electron chi connectivity index (χ3n) is 8.95. The van der Waals surface area contributed by atoms with Crippen molar-refractivity contribution in [2.24, 2.45) is 0 Å². The number of hydrogen-bond donors (Lipinski definition) is 0. The monoisotopic (exact) mass is 576 g/mol. The van der Waals surface area contributed by atoms with E-state index in [9.17, 15) is 0 Å². The van der Waals surface area contributed by atoms with Crippen LogP contribution in [0.5, 0.6) is 0 Å². The fourth-order valence-corrected chi connectivity index (χ4v) is 6.63. The van der Waals surface area contributed by atoms with E-state index in [0.717, 1.165) is 0 Å². The number of benzene rings is 7. The summed E-state index contributed by atoms with van der Waals surface area (Å²) in [6.07, 6.45) is 0. The topological polar surface area (TPSA) is 0 Å². The zero-order chi connectivity index (χ0) is 30.8. The molecule has 0 aliphatic rings. The molecule has 0 aromatic heterocycles. The van der Waals surface area contributed by atoms with Crippen LogP contribution in [0.4, 0.5) is 0 Å². The molecule has 0 saturated heterocycles. The maximum absolute atomic E-state index is 2.38. The van der Waals surface area contributed by atoms with Gasteiger partial charge in [-0.2, -0.15) is 0 Å². The summed E-state index contributed by atoms with van der Waals surface area (Å²) < 4.78 is 0. The first-order chi connectivity index (χ1) is 22.1. The molecule has 216 valence electrons. The Balaban J connectivity index is 1.52. The Morgan fingerprint density at radius 3 is 0.667 bits per heavy atom. The van der Waals surface area contributed by atoms with E-state index in [1.807, 2.05) is 0 Å². The second-order valence-electron chi connectivity index (χ2n) is 11.9. The number of aryl methyl sites for hydroxylation is 3. The maximum Gasteiger partial charge on any atom is -0.0103 e. The van der Waals surface area contributed by atoms with E-state index in [1.54, 1.807) is 0 Å². The van der Waals surface area contributed by atoms with E-state index in [-0.39, 0.29) is 0 Å². The molecule has 0 nitrogen and oxygen atoms in total. The predicted molar refractivity (Wildman–Crippen MR) is 193 cm³/mol. The lowest BCUT2D eigenvalue weighted by Gasteiger charge is -2.19. The van der Waals surface area contributed by atoms with Gasteiger partial charge in [0, 0.05) is 0 Å². The zero-order valence-corrected chi connectivity index (χ0v) is 26.1. The predicted octanol–water partition coefficient (Wildman–Crippen LogP) is 12.6. The van der Waals surface area contributed by atoms with Gasteiger partial charge in [0.15, 0.2) is 0 Å². The summed E-state index contributed by atoms with van der Waals surface area (Å²) in [6.45, 7) is 6.60. The Morgan fingerprint density at radius 1 is 0.222 bits per heavy atom. The van der Waals surface area contributed by atoms with Crippen molar-refractivity contribution in [2.75, 3.05) is 0 Å². The highest BCUT2D eigenvalue weighted by Crippen LogP contribution is 2.43. The van der Waals surface area contributed by atoms with Gasteiger partial charge in [0.2, 0.25) is 0 Å². The molecule has 7 aromatic rings. The Hall–Kier alpha value is -5.46. The van der Waals surface area contributed by atoms with Crippen LogP contribution in [0.2, 0.25) is 0 Å². The number of hydrogen-bond acceptors (Lipinski definition) is 0. The average Bonchev–Trinajstić information content (AvgIpc) is 3.09. The van der Waals surface area contributed by atoms with Gasteiger partial charge in [-0.15, -0.1) is 0 Å². The van der Waals surface area contributed by atoms with E-state index >= 15 is 0 Å². The molecule has 0 N–H and O–H groups in total. The lowest BCUT2D eigenvalue weighted by atomic mass is 9.85. The second kappa shape index (κ2) is 12.3. The molecular formula is C45H36. The minimum absolute atomic E-state index is 1.21. The quantitative estimate of drug-likeness (QED) is 0.185. The molecule has 0 aliphatic heterocycles. The van der Waals surface area contributed by atoms with Crippen LogP contribution in [0.15, 0.2) is 164 Å². The van der Waals surface area contributed by atoms with Crippen LogP contribution in [-0.4, -0.2) is 0 Å². The Labute approximate surface area is 267 Å². The van der Waals surface area contributed by atoms with Gasteiger partial charge in [-0.05, 0) is 122 Å². The summed E-state index contributed by atoms with van der Waals surface area (Å²) in [5.74, 6) is 0. The molecule has 0 unspecified atom stereocenters. The van der Waals surface area contributed by atoms with E-state index in [0.29, 0.717) is 0 Å². The van der Waals surface area contributed by atoms with Crippen LogP contribution in [-0.2, 0) is 0 Å². The molecule has 0 aliphatic carbocycles. The fourth-order valence-electron chi connectivity index (χ4n) is 6.63. The van der Waals surface area contributed by atoms with Crippen LogP contribution < -0.4 is 0 Å². The molecule has 7 rings (SSSR count). The summed E-state index contributed by atoms with van der Waals surface area (Å²) in [5, 5.41) is 0. The van der Waals surface area contributed by atoms with Crippen molar-refractivity contribution in [3.63, 3.8) is 0 Å². The second-order valence-corrected chi connectivity index (χ2v) is 11.9. The molecule has 0 saturated carbocycles. The van der Waals surface area contributed by atoms with Gasteiger partial charge in [-0.25, -0.2) is 0 Å². The molecule has 0 heterocycles. The molecule has 45 heavy (non-hydrogen) atoms. The van der Waals surface area contributed by atoms with Crippen LogP contribution in [0.25, 0.3) is 66.8 Å². The first-order valence-corrected chi connectivity index (χ1v) is 15.7. The molecule has 0 bridgehead atoms. The van der Waals surface area contributed by atoms with E-state index in [2.05, 4.69) is 185 Å². The van der Waals surface area contributed by atoms with Crippen molar-refractivity contribution in [3.05, 3.63) is 180 Å². The van der Waals surface area contributed by atoms with Gasteiger partial charge in [0.1, 0.15) is 0 Å². The SMILES string of the molecule is Cc1ccccc1-c1ccccc1-c1cc(-c2ccccc2-c2ccccc2C)cc(-c2ccccc2-c2ccccc2C)c1. The van der Waals surface area contributed by atoms with Gasteiger partial charge in [0.25, 0.3) is 0 Å². The third kappa shape index (κ3) is 5.52. The lowest BCUT2D eigenvalue weighted by molar-refractivity contribution is 1.45. The normalized spacial score (nSPS) is 11.0. The summed E-state index contributed by atoms with van der Waals surface area (Å²) in [6, 6.07) is 59.7. The van der Waals surface area contributed by atoms with Gasteiger partial charge in [0.05, 0.1) is 0 Å². The molecule has 7 aromatic carbocycles. The van der Waals surface area contributed by atoms with Crippen LogP contribution in [0.3, 0.4) is 0 Å².